The summed E-state index contributed by atoms with van der Waals surface area (Å²) in [6, 6.07) is 8.99. The molecule has 0 amide bonds. The standard InChI is InChI=1S/C14H10Cl2N2O3S2/c1-18-12-5-3-9(7-13(12)22-14(18)19)23(20,21)17-8-2-4-10(15)11(16)6-8/h2-7,17H,1H3. The van der Waals surface area contributed by atoms with Crippen molar-refractivity contribution in [2.75, 3.05) is 4.72 Å². The molecule has 0 radical (unpaired) electrons. The summed E-state index contributed by atoms with van der Waals surface area (Å²) in [5.41, 5.74) is 0.995. The van der Waals surface area contributed by atoms with Crippen molar-refractivity contribution in [3.05, 3.63) is 56.1 Å². The van der Waals surface area contributed by atoms with Crippen LogP contribution in [-0.4, -0.2) is 13.0 Å². The van der Waals surface area contributed by atoms with Crippen molar-refractivity contribution in [2.45, 2.75) is 4.90 Å². The van der Waals surface area contributed by atoms with Crippen molar-refractivity contribution < 1.29 is 8.42 Å². The lowest BCUT2D eigenvalue weighted by atomic mass is 10.3. The van der Waals surface area contributed by atoms with E-state index in [0.29, 0.717) is 20.9 Å². The van der Waals surface area contributed by atoms with Crippen LogP contribution in [0.3, 0.4) is 0 Å². The van der Waals surface area contributed by atoms with Gasteiger partial charge in [0.2, 0.25) is 0 Å². The summed E-state index contributed by atoms with van der Waals surface area (Å²) in [5.74, 6) is 0. The zero-order chi connectivity index (χ0) is 16.8. The van der Waals surface area contributed by atoms with Gasteiger partial charge in [0.25, 0.3) is 10.0 Å². The highest BCUT2D eigenvalue weighted by Crippen LogP contribution is 2.27. The smallest absolute Gasteiger partial charge is 0.302 e. The molecule has 1 aromatic heterocycles. The van der Waals surface area contributed by atoms with Gasteiger partial charge in [0.15, 0.2) is 0 Å². The molecule has 0 atom stereocenters. The molecular formula is C14H10Cl2N2O3S2. The van der Waals surface area contributed by atoms with E-state index < -0.39 is 10.0 Å². The molecule has 0 aliphatic heterocycles. The van der Waals surface area contributed by atoms with Crippen LogP contribution in [0, 0.1) is 0 Å². The first-order valence-corrected chi connectivity index (χ1v) is 9.41. The average molecular weight is 389 g/mol. The maximum absolute atomic E-state index is 12.5. The number of aromatic nitrogens is 1. The van der Waals surface area contributed by atoms with E-state index in [0.717, 1.165) is 11.3 Å². The minimum absolute atomic E-state index is 0.0675. The molecule has 9 heteroatoms. The zero-order valence-corrected chi connectivity index (χ0v) is 14.9. The van der Waals surface area contributed by atoms with Crippen LogP contribution in [-0.2, 0) is 17.1 Å². The monoisotopic (exact) mass is 388 g/mol. The van der Waals surface area contributed by atoms with E-state index in [1.54, 1.807) is 13.1 Å². The fourth-order valence-corrected chi connectivity index (χ4v) is 4.42. The van der Waals surface area contributed by atoms with Crippen molar-refractivity contribution >= 4 is 60.5 Å². The molecule has 0 aliphatic rings. The Morgan fingerprint density at radius 1 is 1.09 bits per heavy atom. The predicted octanol–water partition coefficient (Wildman–Crippen LogP) is 3.71. The number of sulfonamides is 1. The first-order chi connectivity index (χ1) is 10.8. The first kappa shape index (κ1) is 16.3. The minimum atomic E-state index is -3.79. The van der Waals surface area contributed by atoms with Gasteiger partial charge in [-0.1, -0.05) is 34.5 Å². The van der Waals surface area contributed by atoms with Gasteiger partial charge < -0.3 is 4.57 Å². The summed E-state index contributed by atoms with van der Waals surface area (Å²) >= 11 is 12.7. The Labute approximate surface area is 146 Å². The molecule has 23 heavy (non-hydrogen) atoms. The molecule has 120 valence electrons. The van der Waals surface area contributed by atoms with Gasteiger partial charge in [-0.15, -0.1) is 0 Å². The van der Waals surface area contributed by atoms with Crippen molar-refractivity contribution in [3.8, 4) is 0 Å². The van der Waals surface area contributed by atoms with Crippen LogP contribution in [0.1, 0.15) is 0 Å². The molecule has 0 saturated heterocycles. The summed E-state index contributed by atoms with van der Waals surface area (Å²) in [6.07, 6.45) is 0. The summed E-state index contributed by atoms with van der Waals surface area (Å²) in [5, 5.41) is 0.591. The maximum atomic E-state index is 12.5. The summed E-state index contributed by atoms with van der Waals surface area (Å²) < 4.78 is 29.5. The Bertz CT molecular complexity index is 1070. The lowest BCUT2D eigenvalue weighted by Gasteiger charge is -2.09. The van der Waals surface area contributed by atoms with Crippen LogP contribution in [0.25, 0.3) is 10.2 Å². The lowest BCUT2D eigenvalue weighted by molar-refractivity contribution is 0.601. The SMILES string of the molecule is Cn1c(=O)sc2cc(S(=O)(=O)Nc3ccc(Cl)c(Cl)c3)ccc21. The number of fused-ring (bicyclic) bond motifs is 1. The van der Waals surface area contributed by atoms with Crippen LogP contribution in [0.4, 0.5) is 5.69 Å². The number of halogens is 2. The number of nitrogens with zero attached hydrogens (tertiary/aromatic N) is 1. The molecule has 1 N–H and O–H groups in total. The fraction of sp³-hybridized carbons (Fsp3) is 0.0714. The quantitative estimate of drug-likeness (QED) is 0.743. The molecule has 3 rings (SSSR count). The normalized spacial score (nSPS) is 11.8. The molecule has 2 aromatic carbocycles. The van der Waals surface area contributed by atoms with Gasteiger partial charge in [0.05, 0.1) is 30.8 Å². The van der Waals surface area contributed by atoms with Crippen molar-refractivity contribution in [1.82, 2.24) is 4.57 Å². The number of rotatable bonds is 3. The molecule has 1 heterocycles. The number of anilines is 1. The van der Waals surface area contributed by atoms with E-state index in [1.165, 1.54) is 34.9 Å². The van der Waals surface area contributed by atoms with Crippen LogP contribution in [0.2, 0.25) is 10.0 Å². The summed E-state index contributed by atoms with van der Waals surface area (Å²) in [4.78, 5) is 11.6. The van der Waals surface area contributed by atoms with Gasteiger partial charge >= 0.3 is 4.87 Å². The van der Waals surface area contributed by atoms with Gasteiger partial charge in [0.1, 0.15) is 0 Å². The molecule has 5 nitrogen and oxygen atoms in total. The Hall–Kier alpha value is -1.54. The number of aryl methyl sites for hydroxylation is 1. The molecule has 0 saturated carbocycles. The number of benzene rings is 2. The first-order valence-electron chi connectivity index (χ1n) is 6.35. The van der Waals surface area contributed by atoms with Gasteiger partial charge in [-0.05, 0) is 36.4 Å². The molecule has 3 aromatic rings. The molecular weight excluding hydrogens is 379 g/mol. The van der Waals surface area contributed by atoms with E-state index in [4.69, 9.17) is 23.2 Å². The van der Waals surface area contributed by atoms with E-state index in [9.17, 15) is 13.2 Å². The van der Waals surface area contributed by atoms with Crippen molar-refractivity contribution in [2.24, 2.45) is 7.05 Å². The summed E-state index contributed by atoms with van der Waals surface area (Å²) in [7, 11) is -2.15. The highest BCUT2D eigenvalue weighted by Gasteiger charge is 2.17. The Morgan fingerprint density at radius 3 is 2.52 bits per heavy atom. The van der Waals surface area contributed by atoms with Crippen LogP contribution >= 0.6 is 34.5 Å². The Kier molecular flexibility index (Phi) is 4.14. The molecule has 0 aliphatic carbocycles. The van der Waals surface area contributed by atoms with Gasteiger partial charge in [-0.25, -0.2) is 8.42 Å². The second-order valence-corrected chi connectivity index (χ2v) is 8.28. The van der Waals surface area contributed by atoms with E-state index in [2.05, 4.69) is 4.72 Å². The number of hydrogen-bond donors (Lipinski definition) is 1. The van der Waals surface area contributed by atoms with Gasteiger partial charge in [0, 0.05) is 7.05 Å². The zero-order valence-electron chi connectivity index (χ0n) is 11.7. The largest absolute Gasteiger partial charge is 0.307 e. The van der Waals surface area contributed by atoms with Crippen LogP contribution < -0.4 is 9.60 Å². The van der Waals surface area contributed by atoms with E-state index in [-0.39, 0.29) is 14.8 Å². The van der Waals surface area contributed by atoms with Gasteiger partial charge in [-0.2, -0.15) is 0 Å². The second-order valence-electron chi connectivity index (χ2n) is 4.79. The third-order valence-corrected chi connectivity index (χ3v) is 6.36. The predicted molar refractivity (Wildman–Crippen MR) is 94.3 cm³/mol. The molecule has 0 unspecified atom stereocenters. The van der Waals surface area contributed by atoms with E-state index >= 15 is 0 Å². The van der Waals surface area contributed by atoms with Crippen molar-refractivity contribution in [1.29, 1.82) is 0 Å². The van der Waals surface area contributed by atoms with Crippen LogP contribution in [0.5, 0.6) is 0 Å². The molecule has 0 spiro atoms. The maximum Gasteiger partial charge on any atom is 0.307 e. The fourth-order valence-electron chi connectivity index (χ4n) is 2.06. The summed E-state index contributed by atoms with van der Waals surface area (Å²) in [6.45, 7) is 0. The average Bonchev–Trinajstić information content (AvgIpc) is 2.77. The number of thiazole rings is 1. The third-order valence-electron chi connectivity index (χ3n) is 3.25. The Morgan fingerprint density at radius 2 is 1.83 bits per heavy atom. The van der Waals surface area contributed by atoms with Crippen molar-refractivity contribution in [3.63, 3.8) is 0 Å². The Balaban J connectivity index is 2.01. The second kappa shape index (κ2) is 5.83. The topological polar surface area (TPSA) is 68.2 Å². The molecule has 0 fully saturated rings. The highest BCUT2D eigenvalue weighted by molar-refractivity contribution is 7.92. The minimum Gasteiger partial charge on any atom is -0.302 e. The number of nitrogens with one attached hydrogen (secondary N) is 1. The molecule has 0 bridgehead atoms. The third kappa shape index (κ3) is 3.10. The lowest BCUT2D eigenvalue weighted by Crippen LogP contribution is -2.12. The highest BCUT2D eigenvalue weighted by atomic mass is 35.5. The van der Waals surface area contributed by atoms with E-state index in [1.807, 2.05) is 0 Å². The number of hydrogen-bond acceptors (Lipinski definition) is 4. The van der Waals surface area contributed by atoms with Gasteiger partial charge in [-0.3, -0.25) is 9.52 Å². The van der Waals surface area contributed by atoms with Crippen LogP contribution in [0.15, 0.2) is 46.1 Å².